The SMILES string of the molecule is C=CCCc1cc(OC)cc(OC)c1C(=O)O. The zero-order valence-corrected chi connectivity index (χ0v) is 10.0. The third-order valence-electron chi connectivity index (χ3n) is 2.44. The molecule has 0 bridgehead atoms. The lowest BCUT2D eigenvalue weighted by Crippen LogP contribution is -2.06. The van der Waals surface area contributed by atoms with Crippen molar-refractivity contribution in [2.75, 3.05) is 14.2 Å². The monoisotopic (exact) mass is 236 g/mol. The summed E-state index contributed by atoms with van der Waals surface area (Å²) in [5.41, 5.74) is 0.878. The van der Waals surface area contributed by atoms with Gasteiger partial charge in [0.1, 0.15) is 17.1 Å². The van der Waals surface area contributed by atoms with Gasteiger partial charge in [-0.2, -0.15) is 0 Å². The first-order valence-corrected chi connectivity index (χ1v) is 5.23. The molecule has 1 aromatic carbocycles. The van der Waals surface area contributed by atoms with Crippen LogP contribution in [0.3, 0.4) is 0 Å². The Balaban J connectivity index is 3.29. The molecule has 92 valence electrons. The molecule has 0 heterocycles. The molecular weight excluding hydrogens is 220 g/mol. The summed E-state index contributed by atoms with van der Waals surface area (Å²) in [5.74, 6) is -0.0922. The number of rotatable bonds is 6. The zero-order chi connectivity index (χ0) is 12.8. The summed E-state index contributed by atoms with van der Waals surface area (Å²) in [6.07, 6.45) is 3.05. The van der Waals surface area contributed by atoms with Crippen molar-refractivity contribution in [1.29, 1.82) is 0 Å². The molecule has 4 heteroatoms. The molecule has 1 N–H and O–H groups in total. The number of carboxylic acids is 1. The minimum atomic E-state index is -0.997. The number of carboxylic acid groups (broad SMARTS) is 1. The molecule has 4 nitrogen and oxygen atoms in total. The van der Waals surface area contributed by atoms with Gasteiger partial charge in [-0.15, -0.1) is 6.58 Å². The summed E-state index contributed by atoms with van der Waals surface area (Å²) in [4.78, 5) is 11.2. The maximum absolute atomic E-state index is 11.2. The van der Waals surface area contributed by atoms with Gasteiger partial charge in [0.25, 0.3) is 0 Å². The van der Waals surface area contributed by atoms with Crippen molar-refractivity contribution in [3.05, 3.63) is 35.9 Å². The highest BCUT2D eigenvalue weighted by Crippen LogP contribution is 2.29. The number of aromatic carboxylic acids is 1. The van der Waals surface area contributed by atoms with Gasteiger partial charge in [-0.3, -0.25) is 0 Å². The van der Waals surface area contributed by atoms with Gasteiger partial charge in [-0.05, 0) is 24.5 Å². The first-order valence-electron chi connectivity index (χ1n) is 5.23. The van der Waals surface area contributed by atoms with E-state index in [0.29, 0.717) is 29.9 Å². The van der Waals surface area contributed by atoms with Gasteiger partial charge in [0.15, 0.2) is 0 Å². The molecule has 0 spiro atoms. The maximum atomic E-state index is 11.2. The second-order valence-corrected chi connectivity index (χ2v) is 3.50. The lowest BCUT2D eigenvalue weighted by Gasteiger charge is -2.12. The van der Waals surface area contributed by atoms with Crippen LogP contribution in [0.15, 0.2) is 24.8 Å². The molecular formula is C13H16O4. The highest BCUT2D eigenvalue weighted by Gasteiger charge is 2.17. The fraction of sp³-hybridized carbons (Fsp3) is 0.308. The van der Waals surface area contributed by atoms with Gasteiger partial charge in [-0.1, -0.05) is 6.08 Å². The number of carbonyl (C=O) groups is 1. The predicted octanol–water partition coefficient (Wildman–Crippen LogP) is 2.52. The van der Waals surface area contributed by atoms with Crippen LogP contribution in [0.25, 0.3) is 0 Å². The first-order chi connectivity index (χ1) is 8.13. The highest BCUT2D eigenvalue weighted by molar-refractivity contribution is 5.93. The Labute approximate surface area is 100 Å². The number of hydrogen-bond donors (Lipinski definition) is 1. The Bertz CT molecular complexity index is 424. The van der Waals surface area contributed by atoms with Crippen LogP contribution in [0.1, 0.15) is 22.3 Å². The summed E-state index contributed by atoms with van der Waals surface area (Å²) in [7, 11) is 2.98. The molecule has 0 aliphatic carbocycles. The number of aryl methyl sites for hydroxylation is 1. The standard InChI is InChI=1S/C13H16O4/c1-4-5-6-9-7-10(16-2)8-11(17-3)12(9)13(14)15/h4,7-8H,1,5-6H2,2-3H3,(H,14,15). The molecule has 0 unspecified atom stereocenters. The zero-order valence-electron chi connectivity index (χ0n) is 10.0. The number of benzene rings is 1. The van der Waals surface area contributed by atoms with Crippen LogP contribution in [0.5, 0.6) is 11.5 Å². The van der Waals surface area contributed by atoms with E-state index in [1.165, 1.54) is 14.2 Å². The van der Waals surface area contributed by atoms with Crippen LogP contribution in [0.2, 0.25) is 0 Å². The third kappa shape index (κ3) is 3.00. The van der Waals surface area contributed by atoms with Crippen LogP contribution in [-0.4, -0.2) is 25.3 Å². The normalized spacial score (nSPS) is 9.76. The summed E-state index contributed by atoms with van der Waals surface area (Å²) in [6, 6.07) is 3.29. The van der Waals surface area contributed by atoms with Gasteiger partial charge in [-0.25, -0.2) is 4.79 Å². The summed E-state index contributed by atoms with van der Waals surface area (Å²) in [6.45, 7) is 3.63. The minimum absolute atomic E-state index is 0.190. The minimum Gasteiger partial charge on any atom is -0.497 e. The number of hydrogen-bond acceptors (Lipinski definition) is 3. The van der Waals surface area contributed by atoms with Crippen molar-refractivity contribution in [3.8, 4) is 11.5 Å². The quantitative estimate of drug-likeness (QED) is 0.771. The third-order valence-corrected chi connectivity index (χ3v) is 2.44. The first kappa shape index (κ1) is 13.1. The maximum Gasteiger partial charge on any atom is 0.339 e. The van der Waals surface area contributed by atoms with Crippen molar-refractivity contribution in [2.45, 2.75) is 12.8 Å². The number of allylic oxidation sites excluding steroid dienone is 1. The van der Waals surface area contributed by atoms with Crippen molar-refractivity contribution < 1.29 is 19.4 Å². The molecule has 1 aromatic rings. The molecule has 0 aliphatic rings. The Morgan fingerprint density at radius 1 is 1.41 bits per heavy atom. The summed E-state index contributed by atoms with van der Waals surface area (Å²) < 4.78 is 10.2. The van der Waals surface area contributed by atoms with Crippen molar-refractivity contribution >= 4 is 5.97 Å². The second-order valence-electron chi connectivity index (χ2n) is 3.50. The predicted molar refractivity (Wildman–Crippen MR) is 65.0 cm³/mol. The summed E-state index contributed by atoms with van der Waals surface area (Å²) in [5, 5.41) is 9.19. The van der Waals surface area contributed by atoms with E-state index in [4.69, 9.17) is 9.47 Å². The molecule has 0 saturated carbocycles. The molecule has 0 radical (unpaired) electrons. The molecule has 0 fully saturated rings. The number of methoxy groups -OCH3 is 2. The topological polar surface area (TPSA) is 55.8 Å². The molecule has 0 aromatic heterocycles. The van der Waals surface area contributed by atoms with Crippen LogP contribution in [0, 0.1) is 0 Å². The van der Waals surface area contributed by atoms with Crippen LogP contribution >= 0.6 is 0 Å². The Morgan fingerprint density at radius 2 is 2.12 bits per heavy atom. The molecule has 0 saturated heterocycles. The Morgan fingerprint density at radius 3 is 2.59 bits per heavy atom. The van der Waals surface area contributed by atoms with E-state index < -0.39 is 5.97 Å². The molecule has 0 atom stereocenters. The van der Waals surface area contributed by atoms with Gasteiger partial charge in [0.05, 0.1) is 14.2 Å². The second kappa shape index (κ2) is 5.94. The molecule has 1 rings (SSSR count). The van der Waals surface area contributed by atoms with E-state index in [9.17, 15) is 9.90 Å². The Kier molecular flexibility index (Phi) is 4.57. The van der Waals surface area contributed by atoms with Gasteiger partial charge < -0.3 is 14.6 Å². The largest absolute Gasteiger partial charge is 0.497 e. The van der Waals surface area contributed by atoms with Gasteiger partial charge >= 0.3 is 5.97 Å². The lowest BCUT2D eigenvalue weighted by atomic mass is 10.0. The van der Waals surface area contributed by atoms with Crippen molar-refractivity contribution in [1.82, 2.24) is 0 Å². The van der Waals surface area contributed by atoms with E-state index in [2.05, 4.69) is 6.58 Å². The average molecular weight is 236 g/mol. The molecule has 17 heavy (non-hydrogen) atoms. The smallest absolute Gasteiger partial charge is 0.339 e. The van der Waals surface area contributed by atoms with Crippen LogP contribution in [-0.2, 0) is 6.42 Å². The van der Waals surface area contributed by atoms with E-state index in [1.807, 2.05) is 0 Å². The van der Waals surface area contributed by atoms with E-state index >= 15 is 0 Å². The lowest BCUT2D eigenvalue weighted by molar-refractivity contribution is 0.0692. The van der Waals surface area contributed by atoms with E-state index in [0.717, 1.165) is 0 Å². The van der Waals surface area contributed by atoms with Crippen LogP contribution < -0.4 is 9.47 Å². The average Bonchev–Trinajstić information content (AvgIpc) is 2.34. The fourth-order valence-corrected chi connectivity index (χ4v) is 1.62. The molecule has 0 aliphatic heterocycles. The van der Waals surface area contributed by atoms with Crippen molar-refractivity contribution in [3.63, 3.8) is 0 Å². The molecule has 0 amide bonds. The number of ether oxygens (including phenoxy) is 2. The van der Waals surface area contributed by atoms with Crippen molar-refractivity contribution in [2.24, 2.45) is 0 Å². The van der Waals surface area contributed by atoms with E-state index in [-0.39, 0.29) is 5.56 Å². The van der Waals surface area contributed by atoms with Crippen LogP contribution in [0.4, 0.5) is 0 Å². The van der Waals surface area contributed by atoms with Gasteiger partial charge in [0.2, 0.25) is 0 Å². The highest BCUT2D eigenvalue weighted by atomic mass is 16.5. The van der Waals surface area contributed by atoms with Gasteiger partial charge in [0, 0.05) is 6.07 Å². The van der Waals surface area contributed by atoms with E-state index in [1.54, 1.807) is 18.2 Å². The Hall–Kier alpha value is -1.97. The fourth-order valence-electron chi connectivity index (χ4n) is 1.62. The summed E-state index contributed by atoms with van der Waals surface area (Å²) >= 11 is 0.